The molecule has 1 aromatic rings. The molecule has 2 N–H and O–H groups in total. The van der Waals surface area contributed by atoms with Crippen molar-refractivity contribution in [1.29, 1.82) is 0 Å². The summed E-state index contributed by atoms with van der Waals surface area (Å²) in [5.41, 5.74) is -1.02. The van der Waals surface area contributed by atoms with E-state index in [-0.39, 0.29) is 0 Å². The van der Waals surface area contributed by atoms with Crippen LogP contribution in [-0.2, 0) is 11.8 Å². The fourth-order valence-corrected chi connectivity index (χ4v) is 3.41. The highest BCUT2D eigenvalue weighted by atomic mass is 31.2. The quantitative estimate of drug-likeness (QED) is 0.710. The highest BCUT2D eigenvalue weighted by Gasteiger charge is 2.43. The van der Waals surface area contributed by atoms with Gasteiger partial charge >= 0.3 is 5.69 Å². The number of hydrogen-bond acceptors (Lipinski definition) is 5. The van der Waals surface area contributed by atoms with Crippen LogP contribution in [0.2, 0.25) is 0 Å². The highest BCUT2D eigenvalue weighted by Crippen LogP contribution is 2.39. The van der Waals surface area contributed by atoms with Gasteiger partial charge in [0.05, 0.1) is 6.10 Å². The Morgan fingerprint density at radius 1 is 1.32 bits per heavy atom. The first-order valence-electron chi connectivity index (χ1n) is 7.09. The molecule has 1 aliphatic rings. The zero-order valence-electron chi connectivity index (χ0n) is 13.0. The number of hydrogen-bond donors (Lipinski definition) is 2. The molecule has 1 aromatic heterocycles. The van der Waals surface area contributed by atoms with E-state index in [2.05, 4.69) is 19.6 Å². The predicted molar refractivity (Wildman–Crippen MR) is 87.2 cm³/mol. The molecule has 7 nitrogen and oxygen atoms in total. The molecule has 8 heteroatoms. The van der Waals surface area contributed by atoms with Gasteiger partial charge in [-0.1, -0.05) is 0 Å². The molecule has 0 bridgehead atoms. The summed E-state index contributed by atoms with van der Waals surface area (Å²) in [7, 11) is 1.35. The van der Waals surface area contributed by atoms with Crippen molar-refractivity contribution >= 4 is 13.2 Å². The number of aliphatic hydroxyl groups is 2. The van der Waals surface area contributed by atoms with Crippen molar-refractivity contribution in [3.05, 3.63) is 33.1 Å². The molecule has 1 saturated heterocycles. The lowest BCUT2D eigenvalue weighted by Crippen LogP contribution is -2.41. The molecule has 0 aromatic carbocycles. The third kappa shape index (κ3) is 3.43. The van der Waals surface area contributed by atoms with Crippen LogP contribution >= 0.6 is 6.89 Å². The Kier molecular flexibility index (Phi) is 4.82. The number of aromatic nitrogens is 2. The molecular weight excluding hydrogens is 307 g/mol. The van der Waals surface area contributed by atoms with Gasteiger partial charge in [0.1, 0.15) is 12.2 Å². The van der Waals surface area contributed by atoms with Crippen LogP contribution in [-0.4, -0.2) is 63.5 Å². The summed E-state index contributed by atoms with van der Waals surface area (Å²) in [5.74, 6) is 0. The fraction of sp³-hybridized carbons (Fsp3) is 0.643. The minimum Gasteiger partial charge on any atom is -0.388 e. The largest absolute Gasteiger partial charge is 0.388 e. The summed E-state index contributed by atoms with van der Waals surface area (Å²) in [5, 5.41) is 20.3. The van der Waals surface area contributed by atoms with Crippen molar-refractivity contribution in [3.8, 4) is 0 Å². The lowest BCUT2D eigenvalue weighted by atomic mass is 10.1. The molecule has 0 radical (unpaired) electrons. The van der Waals surface area contributed by atoms with Gasteiger partial charge in [-0.3, -0.25) is 13.9 Å². The van der Waals surface area contributed by atoms with Gasteiger partial charge in [-0.2, -0.15) is 0 Å². The molecule has 0 saturated carbocycles. The van der Waals surface area contributed by atoms with E-state index >= 15 is 0 Å². The van der Waals surface area contributed by atoms with Crippen LogP contribution in [0.15, 0.2) is 21.9 Å². The Labute approximate surface area is 128 Å². The Morgan fingerprint density at radius 2 is 1.95 bits per heavy atom. The molecule has 2 rings (SSSR count). The smallest absolute Gasteiger partial charge is 0.332 e. The Balaban J connectivity index is 2.24. The highest BCUT2D eigenvalue weighted by molar-refractivity contribution is 7.72. The van der Waals surface area contributed by atoms with Gasteiger partial charge < -0.3 is 14.9 Å². The molecule has 0 aliphatic carbocycles. The van der Waals surface area contributed by atoms with Gasteiger partial charge in [-0.15, -0.1) is 13.2 Å². The summed E-state index contributed by atoms with van der Waals surface area (Å²) < 4.78 is 7.75. The van der Waals surface area contributed by atoms with E-state index in [0.29, 0.717) is 6.42 Å². The second-order valence-corrected chi connectivity index (χ2v) is 10.7. The lowest BCUT2D eigenvalue weighted by molar-refractivity contribution is -0.0408. The number of ether oxygens (including phenoxy) is 1. The van der Waals surface area contributed by atoms with Gasteiger partial charge in [-0.05, 0) is 25.9 Å². The third-order valence-corrected chi connectivity index (χ3v) is 5.32. The SMILES string of the molecule is C=P(C)(C)CCC1O[C@@H](n2ccc(=O)n(C)c2=O)[C@H](O)[C@@H]1O. The first-order valence-corrected chi connectivity index (χ1v) is 10.1. The number of aliphatic hydroxyl groups excluding tert-OH is 2. The molecule has 22 heavy (non-hydrogen) atoms. The van der Waals surface area contributed by atoms with Crippen molar-refractivity contribution in [3.63, 3.8) is 0 Å². The predicted octanol–water partition coefficient (Wildman–Crippen LogP) is -0.734. The van der Waals surface area contributed by atoms with Gasteiger partial charge in [0.15, 0.2) is 6.23 Å². The fourth-order valence-electron chi connectivity index (χ4n) is 2.46. The van der Waals surface area contributed by atoms with Crippen LogP contribution < -0.4 is 11.2 Å². The Bertz CT molecular complexity index is 704. The van der Waals surface area contributed by atoms with Crippen molar-refractivity contribution in [2.75, 3.05) is 19.5 Å². The normalized spacial score (nSPS) is 29.0. The lowest BCUT2D eigenvalue weighted by Gasteiger charge is -2.19. The van der Waals surface area contributed by atoms with Crippen LogP contribution in [0.3, 0.4) is 0 Å². The van der Waals surface area contributed by atoms with Gasteiger partial charge in [0, 0.05) is 19.3 Å². The molecule has 2 heterocycles. The van der Waals surface area contributed by atoms with Crippen molar-refractivity contribution in [2.45, 2.75) is 31.0 Å². The van der Waals surface area contributed by atoms with Gasteiger partial charge in [0.25, 0.3) is 5.56 Å². The Hall–Kier alpha value is -1.14. The second kappa shape index (κ2) is 6.16. The summed E-state index contributed by atoms with van der Waals surface area (Å²) in [6.45, 7) is 2.90. The molecule has 1 aliphatic heterocycles. The summed E-state index contributed by atoms with van der Waals surface area (Å²) in [6, 6.07) is 1.22. The first-order chi connectivity index (χ1) is 10.1. The maximum absolute atomic E-state index is 12.1. The summed E-state index contributed by atoms with van der Waals surface area (Å²) >= 11 is 0. The zero-order chi connectivity index (χ0) is 16.7. The minimum atomic E-state index is -1.27. The van der Waals surface area contributed by atoms with Gasteiger partial charge in [-0.25, -0.2) is 4.79 Å². The van der Waals surface area contributed by atoms with Crippen LogP contribution in [0.5, 0.6) is 0 Å². The molecule has 124 valence electrons. The van der Waals surface area contributed by atoms with E-state index in [9.17, 15) is 19.8 Å². The van der Waals surface area contributed by atoms with E-state index in [1.54, 1.807) is 0 Å². The summed E-state index contributed by atoms with van der Waals surface area (Å²) in [4.78, 5) is 23.5. The van der Waals surface area contributed by atoms with E-state index in [1.807, 2.05) is 0 Å². The van der Waals surface area contributed by atoms with E-state index in [1.165, 1.54) is 19.3 Å². The molecule has 1 unspecified atom stereocenters. The zero-order valence-corrected chi connectivity index (χ0v) is 13.9. The summed E-state index contributed by atoms with van der Waals surface area (Å²) in [6.07, 6.45) is 2.94. The van der Waals surface area contributed by atoms with Crippen molar-refractivity contribution < 1.29 is 14.9 Å². The topological polar surface area (TPSA) is 93.7 Å². The van der Waals surface area contributed by atoms with Crippen LogP contribution in [0.4, 0.5) is 0 Å². The maximum Gasteiger partial charge on any atom is 0.332 e. The van der Waals surface area contributed by atoms with Crippen molar-refractivity contribution in [2.24, 2.45) is 7.05 Å². The van der Waals surface area contributed by atoms with E-state index in [4.69, 9.17) is 4.74 Å². The average Bonchev–Trinajstić information content (AvgIpc) is 2.70. The number of nitrogens with zero attached hydrogens (tertiary/aromatic N) is 2. The Morgan fingerprint density at radius 3 is 2.55 bits per heavy atom. The molecule has 0 spiro atoms. The molecule has 0 amide bonds. The monoisotopic (exact) mass is 330 g/mol. The number of rotatable bonds is 4. The van der Waals surface area contributed by atoms with E-state index < -0.39 is 42.7 Å². The molecular formula is C14H23N2O5P. The third-order valence-electron chi connectivity index (χ3n) is 3.85. The maximum atomic E-state index is 12.1. The molecule has 1 fully saturated rings. The van der Waals surface area contributed by atoms with Gasteiger partial charge in [0.2, 0.25) is 0 Å². The van der Waals surface area contributed by atoms with E-state index in [0.717, 1.165) is 15.3 Å². The second-order valence-electron chi connectivity index (χ2n) is 6.40. The molecule has 4 atom stereocenters. The van der Waals surface area contributed by atoms with Crippen LogP contribution in [0.25, 0.3) is 0 Å². The van der Waals surface area contributed by atoms with Crippen LogP contribution in [0, 0.1) is 0 Å². The van der Waals surface area contributed by atoms with Crippen molar-refractivity contribution in [1.82, 2.24) is 9.13 Å². The first kappa shape index (κ1) is 17.2. The standard InChI is InChI=1S/C14H23N2O5P/c1-15-10(17)5-7-16(14(15)20)13-12(19)11(18)9(21-13)6-8-22(2,3)4/h5,7,9,11-13,18-19H,2,6,8H2,1,3-4H3/t9?,11-,12-,13-/m1/s1. The van der Waals surface area contributed by atoms with Crippen LogP contribution in [0.1, 0.15) is 12.6 Å². The minimum absolute atomic E-state index is 0.436. The average molecular weight is 330 g/mol.